The van der Waals surface area contributed by atoms with Gasteiger partial charge in [-0.2, -0.15) is 17.5 Å². The molecule has 3 aromatic rings. The van der Waals surface area contributed by atoms with E-state index in [1.165, 1.54) is 30.3 Å². The molecule has 0 heterocycles. The van der Waals surface area contributed by atoms with Crippen LogP contribution in [0.25, 0.3) is 11.1 Å². The molecule has 232 valence electrons. The van der Waals surface area contributed by atoms with Crippen LogP contribution in [-0.2, 0) is 29.0 Å². The Kier molecular flexibility index (Phi) is 9.63. The number of carboxylic acid groups (broad SMARTS) is 1. The van der Waals surface area contributed by atoms with Crippen molar-refractivity contribution in [1.29, 1.82) is 0 Å². The fourth-order valence-corrected chi connectivity index (χ4v) is 7.11. The summed E-state index contributed by atoms with van der Waals surface area (Å²) in [5, 5.41) is 23.0. The number of hydrogen-bond acceptors (Lipinski definition) is 5. The summed E-state index contributed by atoms with van der Waals surface area (Å²) in [6, 6.07) is 14.3. The van der Waals surface area contributed by atoms with Crippen LogP contribution >= 0.6 is 11.6 Å². The third-order valence-electron chi connectivity index (χ3n) is 7.69. The molecule has 0 radical (unpaired) electrons. The van der Waals surface area contributed by atoms with Gasteiger partial charge in [0.2, 0.25) is 10.0 Å². The molecule has 0 bridgehead atoms. The standard InChI is InChI=1S/C31H34ClF3N2O5S/c1-30(2,16-19-10-20-6-4-5-7-21(20)11-19)36-17-25(38)18-37(3)43(41,42)26-13-23(12-24(15-26)31(33,34)35)22-8-9-27(29(39)40)28(32)14-22/h4-9,12-15,19,25,36,38H,10-11,16-18H2,1-3H3,(H,39,40). The number of nitrogens with zero attached hydrogens (tertiary/aromatic N) is 1. The predicted molar refractivity (Wildman–Crippen MR) is 159 cm³/mol. The highest BCUT2D eigenvalue weighted by atomic mass is 35.5. The highest BCUT2D eigenvalue weighted by Crippen LogP contribution is 2.36. The molecule has 0 saturated heterocycles. The maximum Gasteiger partial charge on any atom is 0.416 e. The number of sulfonamides is 1. The van der Waals surface area contributed by atoms with E-state index in [-0.39, 0.29) is 40.3 Å². The maximum atomic E-state index is 13.8. The van der Waals surface area contributed by atoms with Gasteiger partial charge in [0.25, 0.3) is 0 Å². The van der Waals surface area contributed by atoms with Gasteiger partial charge >= 0.3 is 12.1 Å². The van der Waals surface area contributed by atoms with Gasteiger partial charge in [-0.1, -0.05) is 41.9 Å². The highest BCUT2D eigenvalue weighted by molar-refractivity contribution is 7.89. The van der Waals surface area contributed by atoms with E-state index in [1.54, 1.807) is 0 Å². The third kappa shape index (κ3) is 7.96. The van der Waals surface area contributed by atoms with Crippen molar-refractivity contribution in [3.05, 3.63) is 87.9 Å². The van der Waals surface area contributed by atoms with Crippen molar-refractivity contribution in [3.8, 4) is 11.1 Å². The Bertz CT molecular complexity index is 1590. The quantitative estimate of drug-likeness (QED) is 0.242. The lowest BCUT2D eigenvalue weighted by molar-refractivity contribution is -0.137. The number of benzene rings is 3. The molecule has 3 N–H and O–H groups in total. The molecule has 0 saturated carbocycles. The van der Waals surface area contributed by atoms with E-state index in [0.717, 1.165) is 41.8 Å². The molecule has 1 unspecified atom stereocenters. The number of aliphatic hydroxyl groups is 1. The number of aromatic carboxylic acids is 1. The SMILES string of the molecule is CN(CC(O)CNC(C)(C)CC1Cc2ccccc2C1)S(=O)(=O)c1cc(-c2ccc(C(=O)O)c(Cl)c2)cc(C(F)(F)F)c1. The lowest BCUT2D eigenvalue weighted by Gasteiger charge is -2.31. The Hall–Kier alpha value is -2.96. The summed E-state index contributed by atoms with van der Waals surface area (Å²) < 4.78 is 69.0. The number of alkyl halides is 3. The summed E-state index contributed by atoms with van der Waals surface area (Å²) in [4.78, 5) is 10.7. The monoisotopic (exact) mass is 638 g/mol. The van der Waals surface area contributed by atoms with Gasteiger partial charge in [-0.25, -0.2) is 13.2 Å². The van der Waals surface area contributed by atoms with Gasteiger partial charge in [0.15, 0.2) is 0 Å². The molecular formula is C31H34ClF3N2O5S. The summed E-state index contributed by atoms with van der Waals surface area (Å²) >= 11 is 6.01. The van der Waals surface area contributed by atoms with Crippen molar-refractivity contribution < 1.29 is 36.6 Å². The molecule has 0 spiro atoms. The zero-order valence-corrected chi connectivity index (χ0v) is 25.5. The minimum Gasteiger partial charge on any atom is -0.478 e. The van der Waals surface area contributed by atoms with E-state index < -0.39 is 38.7 Å². The Morgan fingerprint density at radius 2 is 1.67 bits per heavy atom. The molecular weight excluding hydrogens is 605 g/mol. The van der Waals surface area contributed by atoms with Gasteiger partial charge in [-0.3, -0.25) is 0 Å². The Morgan fingerprint density at radius 3 is 2.23 bits per heavy atom. The van der Waals surface area contributed by atoms with Crippen LogP contribution in [0.3, 0.4) is 0 Å². The Morgan fingerprint density at radius 1 is 1.05 bits per heavy atom. The minimum atomic E-state index is -4.86. The molecule has 0 aromatic heterocycles. The molecule has 1 aliphatic carbocycles. The van der Waals surface area contributed by atoms with Crippen LogP contribution in [0.2, 0.25) is 5.02 Å². The molecule has 0 aliphatic heterocycles. The fraction of sp³-hybridized carbons (Fsp3) is 0.387. The number of β-amino-alcohol motifs (C(OH)–C–C–N with tert-alkyl or cyclic N) is 1. The van der Waals surface area contributed by atoms with Gasteiger partial charge in [0.05, 0.1) is 27.1 Å². The fourth-order valence-electron chi connectivity index (χ4n) is 5.57. The summed E-state index contributed by atoms with van der Waals surface area (Å²) in [7, 11) is -3.27. The average Bonchev–Trinajstić information content (AvgIpc) is 3.32. The topological polar surface area (TPSA) is 107 Å². The van der Waals surface area contributed by atoms with E-state index >= 15 is 0 Å². The van der Waals surface area contributed by atoms with Gasteiger partial charge in [0, 0.05) is 25.7 Å². The van der Waals surface area contributed by atoms with E-state index in [2.05, 4.69) is 17.4 Å². The lowest BCUT2D eigenvalue weighted by atomic mass is 9.88. The van der Waals surface area contributed by atoms with E-state index in [9.17, 15) is 36.6 Å². The number of nitrogens with one attached hydrogen (secondary N) is 1. The normalized spacial score (nSPS) is 15.1. The highest BCUT2D eigenvalue weighted by Gasteiger charge is 2.34. The summed E-state index contributed by atoms with van der Waals surface area (Å²) in [5.74, 6) is -0.878. The predicted octanol–water partition coefficient (Wildman–Crippen LogP) is 5.88. The molecule has 7 nitrogen and oxygen atoms in total. The van der Waals surface area contributed by atoms with Crippen molar-refractivity contribution >= 4 is 27.6 Å². The van der Waals surface area contributed by atoms with Crippen molar-refractivity contribution in [2.75, 3.05) is 20.1 Å². The first-order chi connectivity index (χ1) is 20.0. The Balaban J connectivity index is 1.47. The first-order valence-electron chi connectivity index (χ1n) is 13.7. The third-order valence-corrected chi connectivity index (χ3v) is 9.81. The zero-order chi connectivity index (χ0) is 31.7. The molecule has 12 heteroatoms. The van der Waals surface area contributed by atoms with Crippen LogP contribution in [0.15, 0.2) is 65.6 Å². The first kappa shape index (κ1) is 32.9. The van der Waals surface area contributed by atoms with Crippen LogP contribution in [0.5, 0.6) is 0 Å². The number of rotatable bonds is 11. The number of fused-ring (bicyclic) bond motifs is 1. The summed E-state index contributed by atoms with van der Waals surface area (Å²) in [6.45, 7) is 3.75. The second-order valence-corrected chi connectivity index (χ2v) is 14.1. The van der Waals surface area contributed by atoms with Crippen LogP contribution in [0.1, 0.15) is 47.3 Å². The van der Waals surface area contributed by atoms with E-state index in [4.69, 9.17) is 11.6 Å². The van der Waals surface area contributed by atoms with Crippen LogP contribution in [-0.4, -0.2) is 60.7 Å². The number of carbonyl (C=O) groups is 1. The molecule has 3 aromatic carbocycles. The lowest BCUT2D eigenvalue weighted by Crippen LogP contribution is -2.47. The van der Waals surface area contributed by atoms with E-state index in [1.807, 2.05) is 26.0 Å². The second kappa shape index (κ2) is 12.6. The molecule has 0 amide bonds. The zero-order valence-electron chi connectivity index (χ0n) is 24.0. The van der Waals surface area contributed by atoms with Gasteiger partial charge in [-0.15, -0.1) is 0 Å². The van der Waals surface area contributed by atoms with E-state index in [0.29, 0.717) is 12.0 Å². The van der Waals surface area contributed by atoms with Crippen molar-refractivity contribution in [2.24, 2.45) is 5.92 Å². The molecule has 43 heavy (non-hydrogen) atoms. The van der Waals surface area contributed by atoms with Crippen molar-refractivity contribution in [3.63, 3.8) is 0 Å². The van der Waals surface area contributed by atoms with Crippen LogP contribution < -0.4 is 5.32 Å². The molecule has 1 aliphatic rings. The van der Waals surface area contributed by atoms with Gasteiger partial charge < -0.3 is 15.5 Å². The Labute approximate surface area is 254 Å². The first-order valence-corrected chi connectivity index (χ1v) is 15.5. The number of hydrogen-bond donors (Lipinski definition) is 3. The minimum absolute atomic E-state index is 0.0782. The summed E-state index contributed by atoms with van der Waals surface area (Å²) in [6.07, 6.45) is -3.21. The number of aliphatic hydroxyl groups excluding tert-OH is 1. The van der Waals surface area contributed by atoms with Gasteiger partial charge in [-0.05, 0) is 91.6 Å². The largest absolute Gasteiger partial charge is 0.478 e. The van der Waals surface area contributed by atoms with Crippen LogP contribution in [0.4, 0.5) is 13.2 Å². The summed E-state index contributed by atoms with van der Waals surface area (Å²) in [5.41, 5.74) is 0.883. The smallest absolute Gasteiger partial charge is 0.416 e. The van der Waals surface area contributed by atoms with Crippen molar-refractivity contribution in [2.45, 2.75) is 55.8 Å². The molecule has 1 atom stereocenters. The second-order valence-electron chi connectivity index (χ2n) is 11.7. The number of carboxylic acids is 1. The van der Waals surface area contributed by atoms with Gasteiger partial charge in [0.1, 0.15) is 0 Å². The molecule has 4 rings (SSSR count). The van der Waals surface area contributed by atoms with Crippen LogP contribution in [0, 0.1) is 5.92 Å². The number of halogens is 4. The maximum absolute atomic E-state index is 13.8. The average molecular weight is 639 g/mol. The number of likely N-dealkylation sites (N-methyl/N-ethyl adjacent to an activating group) is 1. The molecule has 0 fully saturated rings. The van der Waals surface area contributed by atoms with Crippen molar-refractivity contribution in [1.82, 2.24) is 9.62 Å².